The lowest BCUT2D eigenvalue weighted by Gasteiger charge is -2.13. The maximum absolute atomic E-state index is 5.86. The van der Waals surface area contributed by atoms with Crippen LogP contribution in [0.1, 0.15) is 5.56 Å². The van der Waals surface area contributed by atoms with Gasteiger partial charge in [0.1, 0.15) is 0 Å². The molecule has 3 N–H and O–H groups in total. The molecule has 1 rings (SSSR count). The van der Waals surface area contributed by atoms with Gasteiger partial charge in [-0.3, -0.25) is 0 Å². The van der Waals surface area contributed by atoms with Crippen molar-refractivity contribution >= 4 is 11.4 Å². The van der Waals surface area contributed by atoms with Crippen LogP contribution in [0.4, 0.5) is 11.4 Å². The van der Waals surface area contributed by atoms with Gasteiger partial charge in [0.2, 0.25) is 0 Å². The summed E-state index contributed by atoms with van der Waals surface area (Å²) in [6.45, 7) is 3.97. The van der Waals surface area contributed by atoms with Crippen molar-refractivity contribution in [1.29, 1.82) is 0 Å². The SMILES string of the molecule is Cc1ccc(NCCN(C)C)c(N)c1. The van der Waals surface area contributed by atoms with Crippen LogP contribution >= 0.6 is 0 Å². The van der Waals surface area contributed by atoms with E-state index in [1.54, 1.807) is 0 Å². The van der Waals surface area contributed by atoms with E-state index in [4.69, 9.17) is 5.73 Å². The van der Waals surface area contributed by atoms with Crippen molar-refractivity contribution in [3.05, 3.63) is 23.8 Å². The predicted octanol–water partition coefficient (Wildman–Crippen LogP) is 1.55. The van der Waals surface area contributed by atoms with Crippen molar-refractivity contribution in [1.82, 2.24) is 4.90 Å². The second-order valence-electron chi connectivity index (χ2n) is 3.82. The lowest BCUT2D eigenvalue weighted by molar-refractivity contribution is 0.425. The van der Waals surface area contributed by atoms with Crippen molar-refractivity contribution in [2.75, 3.05) is 38.2 Å². The van der Waals surface area contributed by atoms with E-state index in [-0.39, 0.29) is 0 Å². The molecule has 0 bridgehead atoms. The molecule has 0 heterocycles. The lowest BCUT2D eigenvalue weighted by Crippen LogP contribution is -2.21. The number of likely N-dealkylation sites (N-methyl/N-ethyl adjacent to an activating group) is 1. The summed E-state index contributed by atoms with van der Waals surface area (Å²) in [5.41, 5.74) is 8.91. The fourth-order valence-corrected chi connectivity index (χ4v) is 1.26. The Bertz CT molecular complexity index is 295. The lowest BCUT2D eigenvalue weighted by atomic mass is 10.2. The summed E-state index contributed by atoms with van der Waals surface area (Å²) in [4.78, 5) is 2.14. The molecule has 0 saturated carbocycles. The van der Waals surface area contributed by atoms with Gasteiger partial charge < -0.3 is 16.0 Å². The van der Waals surface area contributed by atoms with Crippen molar-refractivity contribution in [2.45, 2.75) is 6.92 Å². The summed E-state index contributed by atoms with van der Waals surface area (Å²) in [5, 5.41) is 3.30. The molecule has 78 valence electrons. The molecule has 0 saturated heterocycles. The van der Waals surface area contributed by atoms with Crippen LogP contribution in [-0.2, 0) is 0 Å². The number of benzene rings is 1. The molecule has 0 aliphatic heterocycles. The molecule has 3 nitrogen and oxygen atoms in total. The van der Waals surface area contributed by atoms with E-state index in [1.807, 2.05) is 19.1 Å². The van der Waals surface area contributed by atoms with Crippen LogP contribution in [0.25, 0.3) is 0 Å². The van der Waals surface area contributed by atoms with Gasteiger partial charge in [0.25, 0.3) is 0 Å². The Labute approximate surface area is 85.9 Å². The highest BCUT2D eigenvalue weighted by molar-refractivity contribution is 5.66. The number of hydrogen-bond donors (Lipinski definition) is 2. The normalized spacial score (nSPS) is 10.6. The van der Waals surface area contributed by atoms with Crippen LogP contribution in [-0.4, -0.2) is 32.1 Å². The summed E-state index contributed by atoms with van der Waals surface area (Å²) in [6.07, 6.45) is 0. The molecule has 0 aliphatic carbocycles. The van der Waals surface area contributed by atoms with E-state index in [1.165, 1.54) is 5.56 Å². The van der Waals surface area contributed by atoms with E-state index in [9.17, 15) is 0 Å². The third kappa shape index (κ3) is 3.26. The first kappa shape index (κ1) is 10.9. The van der Waals surface area contributed by atoms with Crippen LogP contribution < -0.4 is 11.1 Å². The molecular formula is C11H19N3. The third-order valence-corrected chi connectivity index (χ3v) is 2.08. The molecule has 1 aromatic rings. The number of hydrogen-bond acceptors (Lipinski definition) is 3. The number of aryl methyl sites for hydroxylation is 1. The molecule has 0 amide bonds. The Kier molecular flexibility index (Phi) is 3.77. The van der Waals surface area contributed by atoms with Gasteiger partial charge in [-0.15, -0.1) is 0 Å². The zero-order valence-corrected chi connectivity index (χ0v) is 9.17. The summed E-state index contributed by atoms with van der Waals surface area (Å²) in [6, 6.07) is 6.08. The van der Waals surface area contributed by atoms with Crippen molar-refractivity contribution in [3.63, 3.8) is 0 Å². The molecule has 0 atom stereocenters. The summed E-state index contributed by atoms with van der Waals surface area (Å²) < 4.78 is 0. The third-order valence-electron chi connectivity index (χ3n) is 2.08. The monoisotopic (exact) mass is 193 g/mol. The van der Waals surface area contributed by atoms with Gasteiger partial charge in [0.15, 0.2) is 0 Å². The minimum absolute atomic E-state index is 0.823. The molecule has 0 aliphatic rings. The Morgan fingerprint density at radius 2 is 2.07 bits per heavy atom. The molecular weight excluding hydrogens is 174 g/mol. The molecule has 14 heavy (non-hydrogen) atoms. The number of nitrogens with two attached hydrogens (primary N) is 1. The molecule has 1 aromatic carbocycles. The number of nitrogens with zero attached hydrogens (tertiary/aromatic N) is 1. The molecule has 0 aromatic heterocycles. The minimum atomic E-state index is 0.823. The predicted molar refractivity (Wildman–Crippen MR) is 62.6 cm³/mol. The number of rotatable bonds is 4. The second kappa shape index (κ2) is 4.86. The minimum Gasteiger partial charge on any atom is -0.397 e. The zero-order chi connectivity index (χ0) is 10.6. The Morgan fingerprint density at radius 3 is 2.64 bits per heavy atom. The van der Waals surface area contributed by atoms with E-state index >= 15 is 0 Å². The summed E-state index contributed by atoms with van der Waals surface area (Å²) in [7, 11) is 4.11. The molecule has 0 unspecified atom stereocenters. The molecule has 3 heteroatoms. The van der Waals surface area contributed by atoms with Crippen LogP contribution in [0.3, 0.4) is 0 Å². The van der Waals surface area contributed by atoms with E-state index < -0.39 is 0 Å². The molecule has 0 spiro atoms. The first-order valence-electron chi connectivity index (χ1n) is 4.84. The second-order valence-corrected chi connectivity index (χ2v) is 3.82. The van der Waals surface area contributed by atoms with Crippen molar-refractivity contribution < 1.29 is 0 Å². The highest BCUT2D eigenvalue weighted by Crippen LogP contribution is 2.18. The summed E-state index contributed by atoms with van der Waals surface area (Å²) in [5.74, 6) is 0. The average molecular weight is 193 g/mol. The van der Waals surface area contributed by atoms with Gasteiger partial charge in [-0.25, -0.2) is 0 Å². The van der Waals surface area contributed by atoms with Gasteiger partial charge >= 0.3 is 0 Å². The van der Waals surface area contributed by atoms with E-state index in [0.717, 1.165) is 24.5 Å². The van der Waals surface area contributed by atoms with Gasteiger partial charge in [-0.1, -0.05) is 6.07 Å². The van der Waals surface area contributed by atoms with Crippen LogP contribution in [0, 0.1) is 6.92 Å². The Morgan fingerprint density at radius 1 is 1.36 bits per heavy atom. The van der Waals surface area contributed by atoms with Gasteiger partial charge in [0, 0.05) is 13.1 Å². The van der Waals surface area contributed by atoms with Crippen molar-refractivity contribution in [3.8, 4) is 0 Å². The molecule has 0 fully saturated rings. The van der Waals surface area contributed by atoms with Crippen LogP contribution in [0.5, 0.6) is 0 Å². The fourth-order valence-electron chi connectivity index (χ4n) is 1.26. The largest absolute Gasteiger partial charge is 0.397 e. The highest BCUT2D eigenvalue weighted by Gasteiger charge is 1.97. The fraction of sp³-hybridized carbons (Fsp3) is 0.455. The Hall–Kier alpha value is -1.22. The van der Waals surface area contributed by atoms with Crippen LogP contribution in [0.15, 0.2) is 18.2 Å². The standard InChI is InChI=1S/C11H19N3/c1-9-4-5-11(10(12)8-9)13-6-7-14(2)3/h4-5,8,13H,6-7,12H2,1-3H3. The van der Waals surface area contributed by atoms with Gasteiger partial charge in [0.05, 0.1) is 11.4 Å². The molecule has 0 radical (unpaired) electrons. The Balaban J connectivity index is 2.51. The number of nitrogens with one attached hydrogen (secondary N) is 1. The summed E-state index contributed by atoms with van der Waals surface area (Å²) >= 11 is 0. The van der Waals surface area contributed by atoms with Crippen LogP contribution in [0.2, 0.25) is 0 Å². The van der Waals surface area contributed by atoms with E-state index in [0.29, 0.717) is 0 Å². The first-order chi connectivity index (χ1) is 6.59. The number of nitrogen functional groups attached to an aromatic ring is 1. The zero-order valence-electron chi connectivity index (χ0n) is 9.17. The first-order valence-corrected chi connectivity index (χ1v) is 4.84. The van der Waals surface area contributed by atoms with Crippen molar-refractivity contribution in [2.24, 2.45) is 0 Å². The average Bonchev–Trinajstić information content (AvgIpc) is 2.08. The topological polar surface area (TPSA) is 41.3 Å². The highest BCUT2D eigenvalue weighted by atomic mass is 15.1. The smallest absolute Gasteiger partial charge is 0.0574 e. The van der Waals surface area contributed by atoms with E-state index in [2.05, 4.69) is 30.4 Å². The quantitative estimate of drug-likeness (QED) is 0.713. The maximum Gasteiger partial charge on any atom is 0.0574 e. The van der Waals surface area contributed by atoms with Gasteiger partial charge in [-0.05, 0) is 38.7 Å². The maximum atomic E-state index is 5.86. The number of anilines is 2. The van der Waals surface area contributed by atoms with Gasteiger partial charge in [-0.2, -0.15) is 0 Å².